The minimum absolute atomic E-state index is 0.275. The molecular formula is C11H13NO2. The van der Waals surface area contributed by atoms with Gasteiger partial charge in [-0.15, -0.1) is 0 Å². The molecular weight excluding hydrogens is 178 g/mol. The Morgan fingerprint density at radius 1 is 1.57 bits per heavy atom. The molecule has 0 radical (unpaired) electrons. The molecule has 3 heteroatoms. The Kier molecular flexibility index (Phi) is 2.23. The van der Waals surface area contributed by atoms with E-state index in [1.165, 1.54) is 12.7 Å². The van der Waals surface area contributed by atoms with Gasteiger partial charge < -0.3 is 4.74 Å². The van der Waals surface area contributed by atoms with Crippen LogP contribution in [-0.2, 0) is 11.2 Å². The lowest BCUT2D eigenvalue weighted by molar-refractivity contribution is 0.0599. The number of methoxy groups -OCH3 is 1. The molecule has 1 aromatic heterocycles. The number of carbonyl (C=O) groups is 1. The van der Waals surface area contributed by atoms with Gasteiger partial charge in [-0.05, 0) is 29.9 Å². The lowest BCUT2D eigenvalue weighted by atomic mass is 10.0. The molecule has 1 unspecified atom stereocenters. The van der Waals surface area contributed by atoms with Crippen molar-refractivity contribution in [2.45, 2.75) is 25.7 Å². The van der Waals surface area contributed by atoms with Gasteiger partial charge in [0.05, 0.1) is 12.7 Å². The Bertz CT molecular complexity index is 374. The van der Waals surface area contributed by atoms with E-state index < -0.39 is 0 Å². The molecule has 74 valence electrons. The summed E-state index contributed by atoms with van der Waals surface area (Å²) in [5.41, 5.74) is 2.96. The predicted octanol–water partition coefficient (Wildman–Crippen LogP) is 1.92. The molecule has 14 heavy (non-hydrogen) atoms. The summed E-state index contributed by atoms with van der Waals surface area (Å²) in [6.45, 7) is 2.16. The number of esters is 1. The molecule has 0 N–H and O–H groups in total. The average Bonchev–Trinajstić information content (AvgIpc) is 2.59. The van der Waals surface area contributed by atoms with Crippen LogP contribution in [0, 0.1) is 0 Å². The van der Waals surface area contributed by atoms with Crippen molar-refractivity contribution in [3.63, 3.8) is 0 Å². The molecule has 2 rings (SSSR count). The third-order valence-electron chi connectivity index (χ3n) is 2.85. The maximum Gasteiger partial charge on any atom is 0.339 e. The summed E-state index contributed by atoms with van der Waals surface area (Å²) < 4.78 is 4.72. The lowest BCUT2D eigenvalue weighted by Gasteiger charge is -2.06. The van der Waals surface area contributed by atoms with Crippen LogP contribution in [0.4, 0.5) is 0 Å². The van der Waals surface area contributed by atoms with E-state index in [0.29, 0.717) is 11.5 Å². The Balaban J connectivity index is 2.49. The summed E-state index contributed by atoms with van der Waals surface area (Å²) >= 11 is 0. The monoisotopic (exact) mass is 191 g/mol. The smallest absolute Gasteiger partial charge is 0.339 e. The number of nitrogens with zero attached hydrogens (tertiary/aromatic N) is 1. The van der Waals surface area contributed by atoms with E-state index in [0.717, 1.165) is 18.4 Å². The molecule has 1 aromatic rings. The minimum Gasteiger partial charge on any atom is -0.465 e. The fourth-order valence-corrected chi connectivity index (χ4v) is 2.01. The number of rotatable bonds is 1. The maximum atomic E-state index is 11.4. The lowest BCUT2D eigenvalue weighted by Crippen LogP contribution is -2.06. The summed E-state index contributed by atoms with van der Waals surface area (Å²) in [6, 6.07) is 0. The molecule has 0 saturated heterocycles. The van der Waals surface area contributed by atoms with E-state index in [9.17, 15) is 4.79 Å². The average molecular weight is 191 g/mol. The van der Waals surface area contributed by atoms with Gasteiger partial charge in [-0.25, -0.2) is 4.79 Å². The summed E-state index contributed by atoms with van der Waals surface area (Å²) in [6.07, 6.45) is 5.52. The van der Waals surface area contributed by atoms with Crippen LogP contribution in [0.5, 0.6) is 0 Å². The first-order valence-electron chi connectivity index (χ1n) is 4.79. The molecule has 1 aliphatic carbocycles. The van der Waals surface area contributed by atoms with Crippen molar-refractivity contribution < 1.29 is 9.53 Å². The quantitative estimate of drug-likeness (QED) is 0.636. The van der Waals surface area contributed by atoms with Gasteiger partial charge in [0.15, 0.2) is 0 Å². The summed E-state index contributed by atoms with van der Waals surface area (Å²) in [7, 11) is 1.40. The highest BCUT2D eigenvalue weighted by molar-refractivity contribution is 5.91. The SMILES string of the molecule is COC(=O)c1cncc2c1CCC2C. The van der Waals surface area contributed by atoms with Crippen molar-refractivity contribution in [2.24, 2.45) is 0 Å². The molecule has 0 bridgehead atoms. The molecule has 0 amide bonds. The highest BCUT2D eigenvalue weighted by Gasteiger charge is 2.24. The summed E-state index contributed by atoms with van der Waals surface area (Å²) in [5.74, 6) is 0.241. The van der Waals surface area contributed by atoms with Crippen molar-refractivity contribution in [1.29, 1.82) is 0 Å². The van der Waals surface area contributed by atoms with E-state index in [2.05, 4.69) is 11.9 Å². The van der Waals surface area contributed by atoms with E-state index in [-0.39, 0.29) is 5.97 Å². The molecule has 1 heterocycles. The van der Waals surface area contributed by atoms with Crippen LogP contribution in [0.25, 0.3) is 0 Å². The molecule has 0 saturated carbocycles. The standard InChI is InChI=1S/C11H13NO2/c1-7-3-4-8-9(7)5-12-6-10(8)11(13)14-2/h5-7H,3-4H2,1-2H3. The minimum atomic E-state index is -0.275. The van der Waals surface area contributed by atoms with E-state index in [4.69, 9.17) is 4.74 Å². The van der Waals surface area contributed by atoms with E-state index in [1.807, 2.05) is 6.20 Å². The van der Waals surface area contributed by atoms with Gasteiger partial charge in [0.1, 0.15) is 0 Å². The van der Waals surface area contributed by atoms with Crippen molar-refractivity contribution in [3.05, 3.63) is 29.1 Å². The fourth-order valence-electron chi connectivity index (χ4n) is 2.01. The van der Waals surface area contributed by atoms with Gasteiger partial charge in [0, 0.05) is 12.4 Å². The van der Waals surface area contributed by atoms with Crippen molar-refractivity contribution in [2.75, 3.05) is 7.11 Å². The normalized spacial score (nSPS) is 19.1. The van der Waals surface area contributed by atoms with Gasteiger partial charge in [0.2, 0.25) is 0 Å². The number of aromatic nitrogens is 1. The molecule has 0 aromatic carbocycles. The molecule has 1 atom stereocenters. The van der Waals surface area contributed by atoms with E-state index in [1.54, 1.807) is 6.20 Å². The topological polar surface area (TPSA) is 39.2 Å². The fraction of sp³-hybridized carbons (Fsp3) is 0.455. The molecule has 0 fully saturated rings. The van der Waals surface area contributed by atoms with Gasteiger partial charge in [-0.3, -0.25) is 4.98 Å². The number of pyridine rings is 1. The van der Waals surface area contributed by atoms with Crippen molar-refractivity contribution in [1.82, 2.24) is 4.98 Å². The first kappa shape index (κ1) is 9.19. The number of carbonyl (C=O) groups excluding carboxylic acids is 1. The number of hydrogen-bond donors (Lipinski definition) is 0. The largest absolute Gasteiger partial charge is 0.465 e. The van der Waals surface area contributed by atoms with Gasteiger partial charge in [-0.1, -0.05) is 6.92 Å². The zero-order valence-corrected chi connectivity index (χ0v) is 8.41. The first-order chi connectivity index (χ1) is 6.74. The second-order valence-electron chi connectivity index (χ2n) is 3.69. The number of fused-ring (bicyclic) bond motifs is 1. The van der Waals surface area contributed by atoms with Crippen LogP contribution in [0.15, 0.2) is 12.4 Å². The molecule has 0 spiro atoms. The van der Waals surface area contributed by atoms with Crippen LogP contribution < -0.4 is 0 Å². The molecule has 3 nitrogen and oxygen atoms in total. The molecule has 0 aliphatic heterocycles. The van der Waals surface area contributed by atoms with Crippen LogP contribution in [-0.4, -0.2) is 18.1 Å². The third kappa shape index (κ3) is 1.29. The Morgan fingerprint density at radius 3 is 3.07 bits per heavy atom. The van der Waals surface area contributed by atoms with Gasteiger partial charge in [0.25, 0.3) is 0 Å². The van der Waals surface area contributed by atoms with Crippen LogP contribution in [0.1, 0.15) is 40.7 Å². The predicted molar refractivity (Wildman–Crippen MR) is 52.3 cm³/mol. The second kappa shape index (κ2) is 3.40. The summed E-state index contributed by atoms with van der Waals surface area (Å²) in [5, 5.41) is 0. The van der Waals surface area contributed by atoms with Gasteiger partial charge in [-0.2, -0.15) is 0 Å². The first-order valence-corrected chi connectivity index (χ1v) is 4.79. The zero-order valence-electron chi connectivity index (χ0n) is 8.41. The third-order valence-corrected chi connectivity index (χ3v) is 2.85. The van der Waals surface area contributed by atoms with Crippen molar-refractivity contribution >= 4 is 5.97 Å². The van der Waals surface area contributed by atoms with Crippen LogP contribution in [0.3, 0.4) is 0 Å². The highest BCUT2D eigenvalue weighted by atomic mass is 16.5. The van der Waals surface area contributed by atoms with Crippen molar-refractivity contribution in [3.8, 4) is 0 Å². The van der Waals surface area contributed by atoms with Crippen LogP contribution >= 0.6 is 0 Å². The number of ether oxygens (including phenoxy) is 1. The molecule has 1 aliphatic rings. The Hall–Kier alpha value is -1.38. The zero-order chi connectivity index (χ0) is 10.1. The Morgan fingerprint density at radius 2 is 2.36 bits per heavy atom. The van der Waals surface area contributed by atoms with Crippen LogP contribution in [0.2, 0.25) is 0 Å². The van der Waals surface area contributed by atoms with Gasteiger partial charge >= 0.3 is 5.97 Å². The second-order valence-corrected chi connectivity index (χ2v) is 3.69. The highest BCUT2D eigenvalue weighted by Crippen LogP contribution is 2.33. The number of hydrogen-bond acceptors (Lipinski definition) is 3. The van der Waals surface area contributed by atoms with E-state index >= 15 is 0 Å². The Labute approximate surface area is 83.1 Å². The maximum absolute atomic E-state index is 11.4. The summed E-state index contributed by atoms with van der Waals surface area (Å²) in [4.78, 5) is 15.5.